The minimum Gasteiger partial charge on any atom is -0.388 e. The summed E-state index contributed by atoms with van der Waals surface area (Å²) >= 11 is 0. The van der Waals surface area contributed by atoms with Crippen molar-refractivity contribution in [2.24, 2.45) is 0 Å². The zero-order valence-electron chi connectivity index (χ0n) is 26.9. The smallest absolute Gasteiger partial charge is 0.388 e. The molecule has 8 heteroatoms. The summed E-state index contributed by atoms with van der Waals surface area (Å²) in [5.41, 5.74) is 6.79. The molecule has 0 radical (unpaired) electrons. The van der Waals surface area contributed by atoms with Crippen molar-refractivity contribution in [3.63, 3.8) is 0 Å². The standard InChI is InChI=1S/C18H17N3.C11H14F3N.C7H17N/c1-2-13-3-4-15-6-8-21(17(15)10-13)12-14-9-16-5-7-19-18(16)20-11-14;1-3-4-8-5-9(11(12,13)14)7-10(6-8)15-2;1-4-6-8(3)7-5-2/h2-5,7,9-11H,1,6,8,12H2,(H,19,20);5-7,15H,3-4H2,1-2H3;4-7H2,1-3H3. The number of fused-ring (bicyclic) bond motifs is 2. The topological polar surface area (TPSA) is 47.2 Å². The van der Waals surface area contributed by atoms with E-state index >= 15 is 0 Å². The molecule has 0 spiro atoms. The van der Waals surface area contributed by atoms with E-state index in [4.69, 9.17) is 0 Å². The first-order valence-electron chi connectivity index (χ1n) is 15.6. The molecule has 2 aromatic carbocycles. The largest absolute Gasteiger partial charge is 0.416 e. The summed E-state index contributed by atoms with van der Waals surface area (Å²) in [5, 5.41) is 3.91. The number of nitrogens with one attached hydrogen (secondary N) is 2. The number of halogens is 3. The Balaban J connectivity index is 0.000000202. The zero-order valence-corrected chi connectivity index (χ0v) is 26.9. The van der Waals surface area contributed by atoms with Gasteiger partial charge in [0.15, 0.2) is 0 Å². The van der Waals surface area contributed by atoms with Crippen molar-refractivity contribution in [3.8, 4) is 0 Å². The average Bonchev–Trinajstić information content (AvgIpc) is 3.64. The highest BCUT2D eigenvalue weighted by Gasteiger charge is 2.31. The van der Waals surface area contributed by atoms with Gasteiger partial charge in [-0.15, -0.1) is 0 Å². The number of hydrogen-bond donors (Lipinski definition) is 2. The Bertz CT molecular complexity index is 1450. The van der Waals surface area contributed by atoms with Gasteiger partial charge < -0.3 is 20.1 Å². The third-order valence-corrected chi connectivity index (χ3v) is 7.53. The Morgan fingerprint density at radius 3 is 2.39 bits per heavy atom. The van der Waals surface area contributed by atoms with Crippen LogP contribution in [0.3, 0.4) is 0 Å². The van der Waals surface area contributed by atoms with Crippen LogP contribution in [0.5, 0.6) is 0 Å². The lowest BCUT2D eigenvalue weighted by molar-refractivity contribution is -0.137. The molecule has 3 heterocycles. The maximum absolute atomic E-state index is 12.5. The predicted octanol–water partition coefficient (Wildman–Crippen LogP) is 9.21. The molecule has 2 aromatic heterocycles. The van der Waals surface area contributed by atoms with Crippen LogP contribution >= 0.6 is 0 Å². The maximum atomic E-state index is 12.5. The van der Waals surface area contributed by atoms with Crippen LogP contribution in [-0.4, -0.2) is 48.6 Å². The van der Waals surface area contributed by atoms with Crippen molar-refractivity contribution in [2.75, 3.05) is 43.9 Å². The number of alkyl halides is 3. The molecule has 238 valence electrons. The van der Waals surface area contributed by atoms with E-state index in [2.05, 4.69) is 82.9 Å². The molecule has 0 unspecified atom stereocenters. The van der Waals surface area contributed by atoms with Crippen LogP contribution in [0.2, 0.25) is 0 Å². The molecule has 0 aliphatic carbocycles. The highest BCUT2D eigenvalue weighted by Crippen LogP contribution is 2.32. The molecule has 1 aliphatic heterocycles. The first kappa shape index (κ1) is 34.7. The monoisotopic (exact) mass is 607 g/mol. The Hall–Kier alpha value is -3.78. The van der Waals surface area contributed by atoms with Gasteiger partial charge in [-0.1, -0.05) is 52.0 Å². The number of pyridine rings is 1. The highest BCUT2D eigenvalue weighted by atomic mass is 19.4. The summed E-state index contributed by atoms with van der Waals surface area (Å²) < 4.78 is 37.5. The quantitative estimate of drug-likeness (QED) is 0.189. The molecule has 0 amide bonds. The third-order valence-electron chi connectivity index (χ3n) is 7.53. The summed E-state index contributed by atoms with van der Waals surface area (Å²) in [4.78, 5) is 12.4. The first-order valence-corrected chi connectivity index (χ1v) is 15.6. The predicted molar refractivity (Wildman–Crippen MR) is 180 cm³/mol. The number of nitrogens with zero attached hydrogens (tertiary/aromatic N) is 3. The minimum atomic E-state index is -4.27. The van der Waals surface area contributed by atoms with Gasteiger partial charge in [-0.05, 0) is 104 Å². The Morgan fingerprint density at radius 1 is 1.00 bits per heavy atom. The van der Waals surface area contributed by atoms with E-state index in [1.54, 1.807) is 13.1 Å². The second kappa shape index (κ2) is 16.9. The number of rotatable bonds is 10. The lowest BCUT2D eigenvalue weighted by atomic mass is 10.1. The molecule has 0 saturated heterocycles. The van der Waals surface area contributed by atoms with Gasteiger partial charge in [0.1, 0.15) is 5.65 Å². The second-order valence-electron chi connectivity index (χ2n) is 11.2. The molecular formula is C36H48F3N5. The molecule has 5 nitrogen and oxygen atoms in total. The van der Waals surface area contributed by atoms with Crippen LogP contribution in [0.4, 0.5) is 24.5 Å². The van der Waals surface area contributed by atoms with E-state index in [9.17, 15) is 13.2 Å². The molecule has 0 fully saturated rings. The third kappa shape index (κ3) is 10.2. The van der Waals surface area contributed by atoms with Gasteiger partial charge in [0.05, 0.1) is 5.56 Å². The van der Waals surface area contributed by atoms with E-state index < -0.39 is 11.7 Å². The molecular weight excluding hydrogens is 559 g/mol. The van der Waals surface area contributed by atoms with Crippen molar-refractivity contribution in [2.45, 2.75) is 65.6 Å². The lowest BCUT2D eigenvalue weighted by Gasteiger charge is -2.19. The molecule has 0 saturated carbocycles. The minimum absolute atomic E-state index is 0.508. The molecule has 1 aliphatic rings. The Morgan fingerprint density at radius 2 is 1.75 bits per heavy atom. The highest BCUT2D eigenvalue weighted by molar-refractivity contribution is 5.76. The molecule has 0 bridgehead atoms. The summed E-state index contributed by atoms with van der Waals surface area (Å²) in [6, 6.07) is 15.0. The van der Waals surface area contributed by atoms with Gasteiger partial charge in [0.25, 0.3) is 0 Å². The Kier molecular flexibility index (Phi) is 13.3. The van der Waals surface area contributed by atoms with Crippen LogP contribution in [0, 0.1) is 0 Å². The molecule has 4 aromatic rings. The van der Waals surface area contributed by atoms with Gasteiger partial charge in [-0.3, -0.25) is 0 Å². The van der Waals surface area contributed by atoms with Crippen molar-refractivity contribution in [1.29, 1.82) is 0 Å². The lowest BCUT2D eigenvalue weighted by Crippen LogP contribution is -2.19. The fourth-order valence-electron chi connectivity index (χ4n) is 5.35. The van der Waals surface area contributed by atoms with Gasteiger partial charge in [0, 0.05) is 49.3 Å². The van der Waals surface area contributed by atoms with E-state index in [-0.39, 0.29) is 0 Å². The van der Waals surface area contributed by atoms with Crippen LogP contribution in [-0.2, 0) is 25.6 Å². The number of aryl methyl sites for hydroxylation is 1. The molecule has 44 heavy (non-hydrogen) atoms. The van der Waals surface area contributed by atoms with Gasteiger partial charge in [-0.2, -0.15) is 13.2 Å². The van der Waals surface area contributed by atoms with Crippen molar-refractivity contribution < 1.29 is 13.2 Å². The number of benzene rings is 2. The van der Waals surface area contributed by atoms with Crippen molar-refractivity contribution in [3.05, 3.63) is 95.3 Å². The van der Waals surface area contributed by atoms with E-state index in [0.29, 0.717) is 12.1 Å². The molecule has 0 atom stereocenters. The van der Waals surface area contributed by atoms with Crippen LogP contribution < -0.4 is 10.2 Å². The fourth-order valence-corrected chi connectivity index (χ4v) is 5.35. The summed E-state index contributed by atoms with van der Waals surface area (Å²) in [6.45, 7) is 14.7. The number of anilines is 2. The molecule has 2 N–H and O–H groups in total. The normalized spacial score (nSPS) is 12.3. The zero-order chi connectivity index (χ0) is 32.1. The van der Waals surface area contributed by atoms with Crippen LogP contribution in [0.25, 0.3) is 17.1 Å². The summed E-state index contributed by atoms with van der Waals surface area (Å²) in [6.07, 6.45) is 6.71. The number of H-pyrrole nitrogens is 1. The van der Waals surface area contributed by atoms with Gasteiger partial charge in [-0.25, -0.2) is 4.98 Å². The summed E-state index contributed by atoms with van der Waals surface area (Å²) in [7, 11) is 3.79. The molecule has 5 rings (SSSR count). The SMILES string of the molecule is C=Cc1ccc2c(c1)N(Cc1cnc3[nH]ccc3c1)CC2.CCCN(C)CCC.CCCc1cc(NC)cc(C(F)(F)F)c1. The van der Waals surface area contributed by atoms with E-state index in [1.807, 2.05) is 25.4 Å². The second-order valence-corrected chi connectivity index (χ2v) is 11.2. The van der Waals surface area contributed by atoms with Gasteiger partial charge >= 0.3 is 6.18 Å². The van der Waals surface area contributed by atoms with Crippen LogP contribution in [0.1, 0.15) is 67.9 Å². The number of hydrogen-bond acceptors (Lipinski definition) is 4. The van der Waals surface area contributed by atoms with Crippen molar-refractivity contribution >= 4 is 28.5 Å². The first-order chi connectivity index (χ1) is 21.1. The number of aromatic amines is 1. The van der Waals surface area contributed by atoms with Crippen molar-refractivity contribution in [1.82, 2.24) is 14.9 Å². The van der Waals surface area contributed by atoms with Crippen LogP contribution in [0.15, 0.2) is 67.5 Å². The fraction of sp³-hybridized carbons (Fsp3) is 0.417. The Labute approximate surface area is 261 Å². The number of aromatic nitrogens is 2. The maximum Gasteiger partial charge on any atom is 0.416 e. The average molecular weight is 608 g/mol. The summed E-state index contributed by atoms with van der Waals surface area (Å²) in [5.74, 6) is 0. The van der Waals surface area contributed by atoms with E-state index in [0.717, 1.165) is 43.2 Å². The van der Waals surface area contributed by atoms with Gasteiger partial charge in [0.2, 0.25) is 0 Å². The van der Waals surface area contributed by atoms with E-state index in [1.165, 1.54) is 59.8 Å².